The average Bonchev–Trinajstić information content (AvgIpc) is 2.57. The monoisotopic (exact) mass is 233 g/mol. The highest BCUT2D eigenvalue weighted by Crippen LogP contribution is 2.26. The van der Waals surface area contributed by atoms with Gasteiger partial charge in [-0.1, -0.05) is 18.9 Å². The summed E-state index contributed by atoms with van der Waals surface area (Å²) in [6.07, 6.45) is 4.85. The molecule has 0 spiro atoms. The molecule has 1 aliphatic rings. The van der Waals surface area contributed by atoms with Gasteiger partial charge in [0.05, 0.1) is 17.3 Å². The van der Waals surface area contributed by atoms with Crippen molar-refractivity contribution in [2.24, 2.45) is 0 Å². The van der Waals surface area contributed by atoms with Crippen molar-refractivity contribution in [2.75, 3.05) is 23.7 Å². The minimum atomic E-state index is -1.18. The largest absolute Gasteiger partial charge is 0.545 e. The van der Waals surface area contributed by atoms with E-state index < -0.39 is 5.97 Å². The van der Waals surface area contributed by atoms with E-state index >= 15 is 0 Å². The van der Waals surface area contributed by atoms with E-state index in [9.17, 15) is 9.90 Å². The maximum absolute atomic E-state index is 10.7. The number of aromatic carboxylic acids is 1. The van der Waals surface area contributed by atoms with Crippen LogP contribution in [0.15, 0.2) is 18.2 Å². The van der Waals surface area contributed by atoms with E-state index in [0.717, 1.165) is 18.8 Å². The van der Waals surface area contributed by atoms with Crippen LogP contribution in [0.5, 0.6) is 0 Å². The maximum atomic E-state index is 10.7. The molecule has 1 aromatic carbocycles. The Hall–Kier alpha value is -1.71. The SMILES string of the molecule is Nc1cc(C(=O)[O-])ccc1N1CCCCCC1. The Morgan fingerprint density at radius 3 is 2.35 bits per heavy atom. The van der Waals surface area contributed by atoms with Crippen LogP contribution in [-0.2, 0) is 0 Å². The highest BCUT2D eigenvalue weighted by molar-refractivity contribution is 5.89. The second-order valence-electron chi connectivity index (χ2n) is 4.46. The summed E-state index contributed by atoms with van der Waals surface area (Å²) in [5.74, 6) is -1.18. The number of carboxylic acids is 1. The quantitative estimate of drug-likeness (QED) is 0.774. The number of nitrogens with two attached hydrogens (primary N) is 1. The molecule has 0 radical (unpaired) electrons. The predicted octanol–water partition coefficient (Wildman–Crippen LogP) is 1.01. The summed E-state index contributed by atoms with van der Waals surface area (Å²) in [6.45, 7) is 1.99. The van der Waals surface area contributed by atoms with E-state index in [0.29, 0.717) is 5.69 Å². The Kier molecular flexibility index (Phi) is 3.52. The predicted molar refractivity (Wildman–Crippen MR) is 65.9 cm³/mol. The van der Waals surface area contributed by atoms with Crippen molar-refractivity contribution in [1.29, 1.82) is 0 Å². The molecule has 0 bridgehead atoms. The average molecular weight is 233 g/mol. The van der Waals surface area contributed by atoms with Crippen molar-refractivity contribution >= 4 is 17.3 Å². The summed E-state index contributed by atoms with van der Waals surface area (Å²) in [6, 6.07) is 4.83. The number of carboxylic acid groups (broad SMARTS) is 1. The van der Waals surface area contributed by atoms with Gasteiger partial charge in [-0.2, -0.15) is 0 Å². The van der Waals surface area contributed by atoms with Gasteiger partial charge in [0.25, 0.3) is 0 Å². The molecule has 0 unspecified atom stereocenters. The Morgan fingerprint density at radius 1 is 1.18 bits per heavy atom. The lowest BCUT2D eigenvalue weighted by Gasteiger charge is -2.24. The number of nitrogen functional groups attached to an aromatic ring is 1. The molecule has 4 heteroatoms. The topological polar surface area (TPSA) is 69.4 Å². The molecule has 92 valence electrons. The third-order valence-electron chi connectivity index (χ3n) is 3.21. The smallest absolute Gasteiger partial charge is 0.0716 e. The second kappa shape index (κ2) is 5.08. The molecular weight excluding hydrogens is 216 g/mol. The van der Waals surface area contributed by atoms with Gasteiger partial charge in [0.2, 0.25) is 0 Å². The van der Waals surface area contributed by atoms with Crippen molar-refractivity contribution in [2.45, 2.75) is 25.7 Å². The first-order valence-corrected chi connectivity index (χ1v) is 6.04. The fraction of sp³-hybridized carbons (Fsp3) is 0.462. The van der Waals surface area contributed by atoms with Crippen LogP contribution in [0, 0.1) is 0 Å². The summed E-state index contributed by atoms with van der Waals surface area (Å²) in [7, 11) is 0. The van der Waals surface area contributed by atoms with E-state index in [1.807, 2.05) is 0 Å². The first-order valence-electron chi connectivity index (χ1n) is 6.04. The van der Waals surface area contributed by atoms with Crippen LogP contribution in [-0.4, -0.2) is 19.1 Å². The van der Waals surface area contributed by atoms with Gasteiger partial charge in [-0.25, -0.2) is 0 Å². The minimum absolute atomic E-state index is 0.140. The summed E-state index contributed by atoms with van der Waals surface area (Å²) < 4.78 is 0. The zero-order valence-corrected chi connectivity index (χ0v) is 9.82. The molecule has 17 heavy (non-hydrogen) atoms. The van der Waals surface area contributed by atoms with Crippen LogP contribution in [0.4, 0.5) is 11.4 Å². The van der Waals surface area contributed by atoms with Gasteiger partial charge in [-0.15, -0.1) is 0 Å². The number of rotatable bonds is 2. The van der Waals surface area contributed by atoms with Gasteiger partial charge in [0.15, 0.2) is 0 Å². The zero-order chi connectivity index (χ0) is 12.3. The molecule has 1 heterocycles. The van der Waals surface area contributed by atoms with Gasteiger partial charge < -0.3 is 20.5 Å². The highest BCUT2D eigenvalue weighted by atomic mass is 16.4. The van der Waals surface area contributed by atoms with Crippen LogP contribution in [0.25, 0.3) is 0 Å². The summed E-state index contributed by atoms with van der Waals surface area (Å²) in [5, 5.41) is 10.7. The van der Waals surface area contributed by atoms with Crippen molar-refractivity contribution in [3.05, 3.63) is 23.8 Å². The maximum Gasteiger partial charge on any atom is 0.0716 e. The van der Waals surface area contributed by atoms with E-state index in [1.165, 1.54) is 31.7 Å². The summed E-state index contributed by atoms with van der Waals surface area (Å²) in [5.41, 5.74) is 7.51. The lowest BCUT2D eigenvalue weighted by Crippen LogP contribution is -2.26. The standard InChI is InChI=1S/C13H18N2O2/c14-11-9-10(13(16)17)5-6-12(11)15-7-3-1-2-4-8-15/h5-6,9H,1-4,7-8,14H2,(H,16,17)/p-1. The Morgan fingerprint density at radius 2 is 1.82 bits per heavy atom. The molecule has 0 aromatic heterocycles. The molecule has 0 amide bonds. The van der Waals surface area contributed by atoms with Crippen molar-refractivity contribution in [3.8, 4) is 0 Å². The first-order chi connectivity index (χ1) is 8.18. The van der Waals surface area contributed by atoms with Gasteiger partial charge in [-0.05, 0) is 30.5 Å². The van der Waals surface area contributed by atoms with Crippen molar-refractivity contribution in [3.63, 3.8) is 0 Å². The van der Waals surface area contributed by atoms with Gasteiger partial charge in [0, 0.05) is 13.1 Å². The number of nitrogens with zero attached hydrogens (tertiary/aromatic N) is 1. The third kappa shape index (κ3) is 2.70. The second-order valence-corrected chi connectivity index (χ2v) is 4.46. The van der Waals surface area contributed by atoms with Gasteiger partial charge in [0.1, 0.15) is 0 Å². The van der Waals surface area contributed by atoms with Crippen molar-refractivity contribution < 1.29 is 9.90 Å². The molecule has 4 nitrogen and oxygen atoms in total. The molecule has 1 saturated heterocycles. The van der Waals surface area contributed by atoms with Crippen LogP contribution < -0.4 is 15.7 Å². The molecule has 0 aliphatic carbocycles. The summed E-state index contributed by atoms with van der Waals surface area (Å²) >= 11 is 0. The molecule has 1 aliphatic heterocycles. The number of anilines is 2. The lowest BCUT2D eigenvalue weighted by molar-refractivity contribution is -0.255. The van der Waals surface area contributed by atoms with Crippen LogP contribution in [0.3, 0.4) is 0 Å². The summed E-state index contributed by atoms with van der Waals surface area (Å²) in [4.78, 5) is 13.0. The van der Waals surface area contributed by atoms with Crippen LogP contribution in [0.2, 0.25) is 0 Å². The van der Waals surface area contributed by atoms with Gasteiger partial charge >= 0.3 is 0 Å². The van der Waals surface area contributed by atoms with E-state index in [1.54, 1.807) is 12.1 Å². The number of carbonyl (C=O) groups is 1. The number of benzene rings is 1. The van der Waals surface area contributed by atoms with Gasteiger partial charge in [-0.3, -0.25) is 0 Å². The number of carbonyl (C=O) groups excluding carboxylic acids is 1. The van der Waals surface area contributed by atoms with E-state index in [-0.39, 0.29) is 5.56 Å². The fourth-order valence-corrected chi connectivity index (χ4v) is 2.28. The van der Waals surface area contributed by atoms with E-state index in [4.69, 9.17) is 5.73 Å². The Labute approximate surface area is 101 Å². The molecule has 0 saturated carbocycles. The molecular formula is C13H17N2O2-. The molecule has 2 N–H and O–H groups in total. The minimum Gasteiger partial charge on any atom is -0.545 e. The van der Waals surface area contributed by atoms with Crippen LogP contribution >= 0.6 is 0 Å². The molecule has 2 rings (SSSR count). The van der Waals surface area contributed by atoms with Crippen LogP contribution in [0.1, 0.15) is 36.0 Å². The highest BCUT2D eigenvalue weighted by Gasteiger charge is 2.12. The molecule has 1 aromatic rings. The third-order valence-corrected chi connectivity index (χ3v) is 3.21. The van der Waals surface area contributed by atoms with Crippen molar-refractivity contribution in [1.82, 2.24) is 0 Å². The normalized spacial score (nSPS) is 16.6. The van der Waals surface area contributed by atoms with E-state index in [2.05, 4.69) is 4.90 Å². The molecule has 1 fully saturated rings. The zero-order valence-electron chi connectivity index (χ0n) is 9.82. The lowest BCUT2D eigenvalue weighted by atomic mass is 10.1. The first kappa shape index (κ1) is 11.8. The Bertz CT molecular complexity index is 410. The number of hydrogen-bond acceptors (Lipinski definition) is 4. The molecule has 0 atom stereocenters. The Balaban J connectivity index is 2.22. The number of hydrogen-bond donors (Lipinski definition) is 1. The fourth-order valence-electron chi connectivity index (χ4n) is 2.28.